The Labute approximate surface area is 167 Å². The first-order valence-corrected chi connectivity index (χ1v) is 11.5. The van der Waals surface area contributed by atoms with E-state index in [9.17, 15) is 0 Å². The molecule has 2 aromatic carbocycles. The van der Waals surface area contributed by atoms with Gasteiger partial charge in [0.05, 0.1) is 23.5 Å². The fraction of sp³-hybridized carbons (Fsp3) is 0.538. The van der Waals surface area contributed by atoms with Crippen LogP contribution < -0.4 is 0 Å². The fourth-order valence-electron chi connectivity index (χ4n) is 7.32. The van der Waals surface area contributed by atoms with E-state index in [2.05, 4.69) is 36.4 Å². The molecule has 2 aromatic rings. The van der Waals surface area contributed by atoms with E-state index in [1.807, 2.05) is 0 Å². The Hall–Kier alpha value is -1.96. The van der Waals surface area contributed by atoms with E-state index in [1.54, 1.807) is 0 Å². The summed E-state index contributed by atoms with van der Waals surface area (Å²) in [6, 6.07) is 14.6. The molecule has 28 heavy (non-hydrogen) atoms. The summed E-state index contributed by atoms with van der Waals surface area (Å²) in [5, 5.41) is 2.74. The number of hydrogen-bond donors (Lipinski definition) is 0. The van der Waals surface area contributed by atoms with Gasteiger partial charge in [0.25, 0.3) is 0 Å². The van der Waals surface area contributed by atoms with Crippen molar-refractivity contribution in [2.45, 2.75) is 63.5 Å². The predicted molar refractivity (Wildman–Crippen MR) is 115 cm³/mol. The average Bonchev–Trinajstić information content (AvgIpc) is 3.53. The number of hydrogen-bond acceptors (Lipinski definition) is 2. The van der Waals surface area contributed by atoms with Crippen LogP contribution in [0, 0.1) is 23.7 Å². The molecular formula is C26H28N2. The second-order valence-corrected chi connectivity index (χ2v) is 10.1. The van der Waals surface area contributed by atoms with Gasteiger partial charge in [-0.15, -0.1) is 0 Å². The lowest BCUT2D eigenvalue weighted by molar-refractivity contribution is 0.419. The van der Waals surface area contributed by atoms with Crippen LogP contribution in [0.2, 0.25) is 0 Å². The number of fused-ring (bicyclic) bond motifs is 4. The molecule has 7 rings (SSSR count). The monoisotopic (exact) mass is 368 g/mol. The first-order valence-electron chi connectivity index (χ1n) is 11.5. The van der Waals surface area contributed by atoms with Crippen LogP contribution in [0.25, 0.3) is 10.8 Å². The van der Waals surface area contributed by atoms with Crippen LogP contribution in [0.15, 0.2) is 46.4 Å². The van der Waals surface area contributed by atoms with Crippen LogP contribution in [0.1, 0.15) is 62.5 Å². The van der Waals surface area contributed by atoms with E-state index in [4.69, 9.17) is 9.98 Å². The summed E-state index contributed by atoms with van der Waals surface area (Å²) in [5.74, 6) is 3.52. The minimum atomic E-state index is 0.531. The van der Waals surface area contributed by atoms with Gasteiger partial charge in [-0.1, -0.05) is 49.2 Å². The summed E-state index contributed by atoms with van der Waals surface area (Å²) in [6.45, 7) is 0. The van der Waals surface area contributed by atoms with Crippen LogP contribution in [0.3, 0.4) is 0 Å². The lowest BCUT2D eigenvalue weighted by Crippen LogP contribution is -2.23. The van der Waals surface area contributed by atoms with Crippen molar-refractivity contribution in [2.24, 2.45) is 33.7 Å². The van der Waals surface area contributed by atoms with Crippen molar-refractivity contribution in [1.29, 1.82) is 0 Å². The van der Waals surface area contributed by atoms with E-state index in [0.29, 0.717) is 12.1 Å². The molecule has 5 aliphatic carbocycles. The highest BCUT2D eigenvalue weighted by Crippen LogP contribution is 2.48. The van der Waals surface area contributed by atoms with E-state index < -0.39 is 0 Å². The van der Waals surface area contributed by atoms with Crippen LogP contribution in [-0.4, -0.2) is 23.5 Å². The average molecular weight is 369 g/mol. The van der Waals surface area contributed by atoms with Crippen molar-refractivity contribution in [2.75, 3.05) is 0 Å². The summed E-state index contributed by atoms with van der Waals surface area (Å²) in [7, 11) is 0. The molecular weight excluding hydrogens is 340 g/mol. The second-order valence-electron chi connectivity index (χ2n) is 10.1. The summed E-state index contributed by atoms with van der Waals surface area (Å²) >= 11 is 0. The highest BCUT2D eigenvalue weighted by atomic mass is 14.9. The van der Waals surface area contributed by atoms with Crippen molar-refractivity contribution >= 4 is 22.2 Å². The minimum Gasteiger partial charge on any atom is -0.279 e. The van der Waals surface area contributed by atoms with Gasteiger partial charge in [-0.25, -0.2) is 0 Å². The van der Waals surface area contributed by atoms with Gasteiger partial charge in [-0.05, 0) is 67.6 Å². The Bertz CT molecular complexity index is 953. The molecule has 0 aromatic heterocycles. The molecule has 4 bridgehead atoms. The number of aliphatic imine (C=N–C) groups is 2. The van der Waals surface area contributed by atoms with Crippen LogP contribution >= 0.6 is 0 Å². The number of benzene rings is 2. The Kier molecular flexibility index (Phi) is 3.28. The van der Waals surface area contributed by atoms with Gasteiger partial charge in [0.15, 0.2) is 0 Å². The van der Waals surface area contributed by atoms with E-state index in [-0.39, 0.29) is 0 Å². The maximum atomic E-state index is 5.47. The zero-order valence-corrected chi connectivity index (χ0v) is 16.5. The first-order chi connectivity index (χ1) is 13.8. The predicted octanol–water partition coefficient (Wildman–Crippen LogP) is 5.81. The van der Waals surface area contributed by atoms with Crippen molar-refractivity contribution in [1.82, 2.24) is 0 Å². The highest BCUT2D eigenvalue weighted by molar-refractivity contribution is 6.61. The van der Waals surface area contributed by atoms with Gasteiger partial charge in [0.2, 0.25) is 0 Å². The normalized spacial score (nSPS) is 40.6. The third-order valence-corrected chi connectivity index (χ3v) is 8.63. The zero-order chi connectivity index (χ0) is 18.2. The van der Waals surface area contributed by atoms with Crippen molar-refractivity contribution in [3.05, 3.63) is 47.5 Å². The minimum absolute atomic E-state index is 0.531. The summed E-state index contributed by atoms with van der Waals surface area (Å²) in [6.07, 6.45) is 11.1. The third kappa shape index (κ3) is 2.21. The zero-order valence-electron chi connectivity index (χ0n) is 16.5. The Morgan fingerprint density at radius 2 is 1.14 bits per heavy atom. The third-order valence-electron chi connectivity index (χ3n) is 8.63. The van der Waals surface area contributed by atoms with Crippen LogP contribution in [0.4, 0.5) is 0 Å². The summed E-state index contributed by atoms with van der Waals surface area (Å²) in [4.78, 5) is 10.9. The second kappa shape index (κ2) is 5.78. The summed E-state index contributed by atoms with van der Waals surface area (Å²) in [5.41, 5.74) is 5.15. The van der Waals surface area contributed by atoms with Crippen LogP contribution in [0.5, 0.6) is 0 Å². The van der Waals surface area contributed by atoms with Crippen molar-refractivity contribution < 1.29 is 0 Å². The molecule has 0 spiro atoms. The molecule has 6 atom stereocenters. The molecule has 4 saturated carbocycles. The molecule has 0 aliphatic heterocycles. The molecule has 0 N–H and O–H groups in total. The standard InChI is InChI=1S/C26H28N2/c1-3-17-4-2-6-21-24(17)20(5-1)25(27-22-13-15-7-9-18(22)11-15)26(21)28-23-14-16-8-10-19(23)12-16/h1-6,15-16,18-19,22-23H,7-14H2/t15-,16+,18+,19-,22+,23-. The van der Waals surface area contributed by atoms with E-state index in [1.165, 1.54) is 84.7 Å². The van der Waals surface area contributed by atoms with Crippen molar-refractivity contribution in [3.63, 3.8) is 0 Å². The van der Waals surface area contributed by atoms with Gasteiger partial charge < -0.3 is 0 Å². The van der Waals surface area contributed by atoms with Crippen LogP contribution in [-0.2, 0) is 0 Å². The SMILES string of the molecule is c1cc2c3c(cccc3c1)C(=N[C@@H]1C[C@H]3CC[C@@H]1C3)C2=N[C@H]1C[C@@H]2CC[C@H]1C2. The maximum Gasteiger partial charge on any atom is 0.0915 e. The Morgan fingerprint density at radius 1 is 0.607 bits per heavy atom. The molecule has 4 fully saturated rings. The van der Waals surface area contributed by atoms with Crippen molar-refractivity contribution in [3.8, 4) is 0 Å². The van der Waals surface area contributed by atoms with E-state index >= 15 is 0 Å². The molecule has 142 valence electrons. The molecule has 2 nitrogen and oxygen atoms in total. The summed E-state index contributed by atoms with van der Waals surface area (Å²) < 4.78 is 0. The molecule has 0 amide bonds. The van der Waals surface area contributed by atoms with Gasteiger partial charge >= 0.3 is 0 Å². The molecule has 0 heterocycles. The molecule has 0 radical (unpaired) electrons. The Morgan fingerprint density at radius 3 is 1.57 bits per heavy atom. The largest absolute Gasteiger partial charge is 0.279 e. The Balaban J connectivity index is 1.38. The van der Waals surface area contributed by atoms with E-state index in [0.717, 1.165) is 23.7 Å². The number of nitrogens with zero attached hydrogens (tertiary/aromatic N) is 2. The van der Waals surface area contributed by atoms with Gasteiger partial charge in [-0.3, -0.25) is 9.98 Å². The molecule has 0 unspecified atom stereocenters. The molecule has 0 saturated heterocycles. The maximum absolute atomic E-state index is 5.47. The van der Waals surface area contributed by atoms with Gasteiger partial charge in [0.1, 0.15) is 0 Å². The lowest BCUT2D eigenvalue weighted by atomic mass is 9.94. The quantitative estimate of drug-likeness (QED) is 0.639. The highest BCUT2D eigenvalue weighted by Gasteiger charge is 2.42. The van der Waals surface area contributed by atoms with Gasteiger partial charge in [0, 0.05) is 16.5 Å². The first kappa shape index (κ1) is 15.9. The lowest BCUT2D eigenvalue weighted by Gasteiger charge is -2.21. The fourth-order valence-corrected chi connectivity index (χ4v) is 7.32. The molecule has 5 aliphatic rings. The molecule has 2 heteroatoms. The topological polar surface area (TPSA) is 24.7 Å². The number of rotatable bonds is 2. The smallest absolute Gasteiger partial charge is 0.0915 e. The van der Waals surface area contributed by atoms with Gasteiger partial charge in [-0.2, -0.15) is 0 Å².